The number of hydrogen-bond acceptors (Lipinski definition) is 8. The molecule has 0 bridgehead atoms. The van der Waals surface area contributed by atoms with Gasteiger partial charge in [-0.1, -0.05) is 11.6 Å². The largest absolute Gasteiger partial charge is 0.419 e. The van der Waals surface area contributed by atoms with Crippen molar-refractivity contribution >= 4 is 29.3 Å². The molecule has 36 heavy (non-hydrogen) atoms. The molecular weight excluding hydrogens is 502 g/mol. The average molecular weight is 524 g/mol. The molecule has 4 heterocycles. The smallest absolute Gasteiger partial charge is 0.378 e. The first-order valence-corrected chi connectivity index (χ1v) is 11.7. The third-order valence-corrected chi connectivity index (χ3v) is 6.33. The Balaban J connectivity index is 1.43. The molecule has 0 saturated carbocycles. The number of ether oxygens (including phenoxy) is 1. The second-order valence-corrected chi connectivity index (χ2v) is 8.74. The summed E-state index contributed by atoms with van der Waals surface area (Å²) in [5.41, 5.74) is -0.231. The van der Waals surface area contributed by atoms with Gasteiger partial charge in [-0.05, 0) is 30.3 Å². The normalized spacial score (nSPS) is 17.0. The van der Waals surface area contributed by atoms with E-state index >= 15 is 0 Å². The fourth-order valence-corrected chi connectivity index (χ4v) is 4.33. The minimum absolute atomic E-state index is 0.0492. The zero-order chi connectivity index (χ0) is 25.3. The summed E-state index contributed by atoms with van der Waals surface area (Å²) in [5.74, 6) is 0.529. The molecule has 13 heteroatoms. The SMILES string of the molecule is Fc1ccc(-c2nc(N3CCOCC3)nc(N3CCN(c4ncccc4C(F)(F)F)CC3)n2)cc1Cl. The van der Waals surface area contributed by atoms with Gasteiger partial charge < -0.3 is 19.4 Å². The highest BCUT2D eigenvalue weighted by Crippen LogP contribution is 2.35. The number of hydrogen-bond donors (Lipinski definition) is 0. The van der Waals surface area contributed by atoms with Gasteiger partial charge in [0.1, 0.15) is 11.6 Å². The van der Waals surface area contributed by atoms with Crippen LogP contribution in [0.3, 0.4) is 0 Å². The Morgan fingerprint density at radius 2 is 1.47 bits per heavy atom. The molecule has 5 rings (SSSR count). The van der Waals surface area contributed by atoms with Crippen LogP contribution in [0.1, 0.15) is 5.56 Å². The van der Waals surface area contributed by atoms with Crippen LogP contribution >= 0.6 is 11.6 Å². The van der Waals surface area contributed by atoms with Gasteiger partial charge >= 0.3 is 6.18 Å². The van der Waals surface area contributed by atoms with Crippen LogP contribution in [0.4, 0.5) is 35.3 Å². The fraction of sp³-hybridized carbons (Fsp3) is 0.391. The van der Waals surface area contributed by atoms with Crippen LogP contribution in [0.5, 0.6) is 0 Å². The van der Waals surface area contributed by atoms with E-state index in [9.17, 15) is 17.6 Å². The predicted molar refractivity (Wildman–Crippen MR) is 127 cm³/mol. The highest BCUT2D eigenvalue weighted by molar-refractivity contribution is 6.31. The van der Waals surface area contributed by atoms with Crippen molar-refractivity contribution in [2.24, 2.45) is 0 Å². The van der Waals surface area contributed by atoms with Crippen LogP contribution in [0.2, 0.25) is 5.02 Å². The maximum absolute atomic E-state index is 13.7. The minimum Gasteiger partial charge on any atom is -0.378 e. The fourth-order valence-electron chi connectivity index (χ4n) is 4.15. The van der Waals surface area contributed by atoms with Crippen molar-refractivity contribution < 1.29 is 22.3 Å². The van der Waals surface area contributed by atoms with E-state index < -0.39 is 17.6 Å². The number of piperazine rings is 1. The highest BCUT2D eigenvalue weighted by atomic mass is 35.5. The lowest BCUT2D eigenvalue weighted by Gasteiger charge is -2.36. The lowest BCUT2D eigenvalue weighted by atomic mass is 10.2. The molecular formula is C23H22ClF4N7O. The molecule has 0 atom stereocenters. The maximum Gasteiger partial charge on any atom is 0.419 e. The van der Waals surface area contributed by atoms with Gasteiger partial charge in [0.05, 0.1) is 23.8 Å². The van der Waals surface area contributed by atoms with E-state index in [2.05, 4.69) is 19.9 Å². The number of rotatable bonds is 4. The summed E-state index contributed by atoms with van der Waals surface area (Å²) in [4.78, 5) is 23.3. The maximum atomic E-state index is 13.7. The quantitative estimate of drug-likeness (QED) is 0.477. The Labute approximate surface area is 209 Å². The van der Waals surface area contributed by atoms with Gasteiger partial charge in [-0.3, -0.25) is 0 Å². The molecule has 3 aromatic rings. The van der Waals surface area contributed by atoms with Crippen molar-refractivity contribution in [1.29, 1.82) is 0 Å². The number of benzene rings is 1. The second kappa shape index (κ2) is 10.0. The molecule has 0 N–H and O–H groups in total. The van der Waals surface area contributed by atoms with Crippen LogP contribution in [0, 0.1) is 5.82 Å². The van der Waals surface area contributed by atoms with E-state index in [-0.39, 0.29) is 10.8 Å². The minimum atomic E-state index is -4.49. The molecule has 2 aromatic heterocycles. The van der Waals surface area contributed by atoms with Gasteiger partial charge in [-0.15, -0.1) is 0 Å². The number of anilines is 3. The lowest BCUT2D eigenvalue weighted by Crippen LogP contribution is -2.48. The lowest BCUT2D eigenvalue weighted by molar-refractivity contribution is -0.137. The van der Waals surface area contributed by atoms with Crippen molar-refractivity contribution in [3.05, 3.63) is 52.9 Å². The standard InChI is InChI=1S/C23H22ClF4N7O/c24-17-14-15(3-4-18(17)25)19-30-21(32-22(31-19)35-10-12-36-13-11-35)34-8-6-33(7-9-34)20-16(23(26,27)28)2-1-5-29-20/h1-5,14H,6-13H2. The number of nitrogens with zero attached hydrogens (tertiary/aromatic N) is 7. The zero-order valence-corrected chi connectivity index (χ0v) is 19.8. The molecule has 190 valence electrons. The van der Waals surface area contributed by atoms with E-state index in [1.807, 2.05) is 9.80 Å². The Kier molecular flexibility index (Phi) is 6.80. The molecule has 2 aliphatic heterocycles. The van der Waals surface area contributed by atoms with Crippen molar-refractivity contribution in [2.45, 2.75) is 6.18 Å². The molecule has 0 aliphatic carbocycles. The van der Waals surface area contributed by atoms with Crippen molar-refractivity contribution in [2.75, 3.05) is 67.2 Å². The molecule has 0 amide bonds. The third-order valence-electron chi connectivity index (χ3n) is 6.04. The zero-order valence-electron chi connectivity index (χ0n) is 19.0. The number of pyridine rings is 1. The summed E-state index contributed by atoms with van der Waals surface area (Å²) in [5, 5.41) is -0.0492. The Morgan fingerprint density at radius 1 is 0.833 bits per heavy atom. The summed E-state index contributed by atoms with van der Waals surface area (Å²) < 4.78 is 59.6. The van der Waals surface area contributed by atoms with Gasteiger partial charge in [0.2, 0.25) is 11.9 Å². The van der Waals surface area contributed by atoms with E-state index in [1.54, 1.807) is 11.0 Å². The molecule has 0 spiro atoms. The average Bonchev–Trinajstić information content (AvgIpc) is 2.90. The molecule has 2 aliphatic rings. The predicted octanol–water partition coefficient (Wildman–Crippen LogP) is 3.91. The topological polar surface area (TPSA) is 70.5 Å². The monoisotopic (exact) mass is 523 g/mol. The number of aromatic nitrogens is 4. The molecule has 0 radical (unpaired) electrons. The first-order valence-electron chi connectivity index (χ1n) is 11.4. The second-order valence-electron chi connectivity index (χ2n) is 8.33. The summed E-state index contributed by atoms with van der Waals surface area (Å²) in [6.45, 7) is 3.62. The van der Waals surface area contributed by atoms with E-state index in [0.29, 0.717) is 75.8 Å². The summed E-state index contributed by atoms with van der Waals surface area (Å²) in [7, 11) is 0. The first-order chi connectivity index (χ1) is 17.3. The van der Waals surface area contributed by atoms with Gasteiger partial charge in [0.15, 0.2) is 5.82 Å². The van der Waals surface area contributed by atoms with Crippen LogP contribution in [0.25, 0.3) is 11.4 Å². The van der Waals surface area contributed by atoms with Crippen LogP contribution in [0.15, 0.2) is 36.5 Å². The molecule has 2 saturated heterocycles. The molecule has 0 unspecified atom stereocenters. The molecule has 2 fully saturated rings. The van der Waals surface area contributed by atoms with Gasteiger partial charge in [-0.2, -0.15) is 28.1 Å². The van der Waals surface area contributed by atoms with Gasteiger partial charge in [0, 0.05) is 51.0 Å². The van der Waals surface area contributed by atoms with Crippen LogP contribution in [-0.2, 0) is 10.9 Å². The van der Waals surface area contributed by atoms with Crippen LogP contribution in [-0.4, -0.2) is 72.4 Å². The van der Waals surface area contributed by atoms with Gasteiger partial charge in [0.25, 0.3) is 0 Å². The third kappa shape index (κ3) is 5.14. The van der Waals surface area contributed by atoms with Crippen molar-refractivity contribution in [1.82, 2.24) is 19.9 Å². The van der Waals surface area contributed by atoms with E-state index in [4.69, 9.17) is 16.3 Å². The Hall–Kier alpha value is -3.25. The van der Waals surface area contributed by atoms with E-state index in [0.717, 1.165) is 6.07 Å². The number of morpholine rings is 1. The Bertz CT molecular complexity index is 1230. The number of alkyl halides is 3. The highest BCUT2D eigenvalue weighted by Gasteiger charge is 2.36. The molecule has 8 nitrogen and oxygen atoms in total. The van der Waals surface area contributed by atoms with Crippen molar-refractivity contribution in [3.63, 3.8) is 0 Å². The van der Waals surface area contributed by atoms with Crippen LogP contribution < -0.4 is 14.7 Å². The Morgan fingerprint density at radius 3 is 2.11 bits per heavy atom. The summed E-state index contributed by atoms with van der Waals surface area (Å²) in [6, 6.07) is 6.57. The number of halogens is 5. The van der Waals surface area contributed by atoms with Gasteiger partial charge in [-0.25, -0.2) is 9.37 Å². The first kappa shape index (κ1) is 24.4. The van der Waals surface area contributed by atoms with E-state index in [1.165, 1.54) is 24.4 Å². The van der Waals surface area contributed by atoms with Crippen molar-refractivity contribution in [3.8, 4) is 11.4 Å². The summed E-state index contributed by atoms with van der Waals surface area (Å²) >= 11 is 5.98. The summed E-state index contributed by atoms with van der Waals surface area (Å²) in [6.07, 6.45) is -3.13. The molecule has 1 aromatic carbocycles.